The molecule has 1 saturated carbocycles. The van der Waals surface area contributed by atoms with Crippen molar-refractivity contribution < 1.29 is 14.4 Å². The smallest absolute Gasteiger partial charge is 0.327 e. The molecule has 0 radical (unpaired) electrons. The van der Waals surface area contributed by atoms with Crippen LogP contribution in [-0.2, 0) is 9.59 Å². The van der Waals surface area contributed by atoms with Crippen LogP contribution in [0.15, 0.2) is 0 Å². The van der Waals surface area contributed by atoms with Gasteiger partial charge in [0.25, 0.3) is 5.91 Å². The van der Waals surface area contributed by atoms with Crippen molar-refractivity contribution in [2.24, 2.45) is 0 Å². The zero-order valence-corrected chi connectivity index (χ0v) is 11.6. The molecule has 1 aliphatic carbocycles. The van der Waals surface area contributed by atoms with Crippen molar-refractivity contribution in [1.82, 2.24) is 15.1 Å². The number of carbonyl (C=O) groups excluding carboxylic acids is 3. The molecule has 1 aliphatic heterocycles. The molecule has 4 amide bonds. The van der Waals surface area contributed by atoms with E-state index in [2.05, 4.69) is 11.2 Å². The number of nitrogens with zero attached hydrogens (tertiary/aromatic N) is 2. The Morgan fingerprint density at radius 2 is 2.00 bits per heavy atom. The minimum atomic E-state index is -0.734. The average molecular weight is 277 g/mol. The third kappa shape index (κ3) is 2.24. The molecular weight excluding hydrogens is 258 g/mol. The van der Waals surface area contributed by atoms with E-state index >= 15 is 0 Å². The van der Waals surface area contributed by atoms with Crippen LogP contribution < -0.4 is 5.32 Å². The first-order chi connectivity index (χ1) is 9.53. The Morgan fingerprint density at radius 1 is 1.35 bits per heavy atom. The summed E-state index contributed by atoms with van der Waals surface area (Å²) in [6, 6.07) is -0.396. The van der Waals surface area contributed by atoms with Crippen LogP contribution in [0.25, 0.3) is 0 Å². The van der Waals surface area contributed by atoms with Crippen LogP contribution in [0.3, 0.4) is 0 Å². The Labute approximate surface area is 118 Å². The number of amides is 4. The molecule has 108 valence electrons. The number of imide groups is 1. The van der Waals surface area contributed by atoms with Crippen LogP contribution >= 0.6 is 0 Å². The van der Waals surface area contributed by atoms with Gasteiger partial charge in [0.15, 0.2) is 0 Å². The molecule has 2 aliphatic rings. The molecule has 1 saturated heterocycles. The average Bonchev–Trinajstić information content (AvgIpc) is 2.62. The van der Waals surface area contributed by atoms with Crippen LogP contribution in [0.5, 0.6) is 0 Å². The molecule has 0 aromatic carbocycles. The zero-order chi connectivity index (χ0) is 14.8. The lowest BCUT2D eigenvalue weighted by molar-refractivity contribution is -0.137. The van der Waals surface area contributed by atoms with E-state index in [4.69, 9.17) is 6.42 Å². The van der Waals surface area contributed by atoms with E-state index in [0.29, 0.717) is 12.8 Å². The van der Waals surface area contributed by atoms with Gasteiger partial charge in [-0.05, 0) is 12.8 Å². The van der Waals surface area contributed by atoms with Crippen LogP contribution in [0.1, 0.15) is 32.1 Å². The molecule has 1 heterocycles. The summed E-state index contributed by atoms with van der Waals surface area (Å²) in [6.07, 6.45) is 9.35. The quantitative estimate of drug-likeness (QED) is 0.597. The van der Waals surface area contributed by atoms with Crippen LogP contribution in [0.4, 0.5) is 4.79 Å². The van der Waals surface area contributed by atoms with Gasteiger partial charge in [-0.1, -0.05) is 25.2 Å². The lowest BCUT2D eigenvalue weighted by Gasteiger charge is -2.35. The fourth-order valence-electron chi connectivity index (χ4n) is 3.02. The molecule has 6 heteroatoms. The summed E-state index contributed by atoms with van der Waals surface area (Å²) >= 11 is 0. The predicted molar refractivity (Wildman–Crippen MR) is 72.5 cm³/mol. The maximum Gasteiger partial charge on any atom is 0.327 e. The van der Waals surface area contributed by atoms with Crippen molar-refractivity contribution in [2.75, 3.05) is 20.1 Å². The topological polar surface area (TPSA) is 69.7 Å². The van der Waals surface area contributed by atoms with Crippen molar-refractivity contribution in [3.05, 3.63) is 0 Å². The lowest BCUT2D eigenvalue weighted by atomic mass is 9.81. The number of carbonyl (C=O) groups is 3. The first-order valence-electron chi connectivity index (χ1n) is 6.83. The van der Waals surface area contributed by atoms with Crippen LogP contribution in [-0.4, -0.2) is 53.3 Å². The predicted octanol–water partition coefficient (Wildman–Crippen LogP) is 0.333. The maximum absolute atomic E-state index is 12.6. The third-order valence-electron chi connectivity index (χ3n) is 4.17. The highest BCUT2D eigenvalue weighted by Crippen LogP contribution is 2.39. The highest BCUT2D eigenvalue weighted by atomic mass is 16.2. The molecule has 0 bridgehead atoms. The van der Waals surface area contributed by atoms with Gasteiger partial charge < -0.3 is 10.2 Å². The number of terminal acetylenes is 1. The van der Waals surface area contributed by atoms with Crippen molar-refractivity contribution in [1.29, 1.82) is 0 Å². The van der Waals surface area contributed by atoms with Gasteiger partial charge in [0.05, 0.1) is 6.54 Å². The summed E-state index contributed by atoms with van der Waals surface area (Å²) in [7, 11) is 1.64. The van der Waals surface area contributed by atoms with Crippen molar-refractivity contribution in [2.45, 2.75) is 37.6 Å². The number of hydrogen-bond donors (Lipinski definition) is 1. The number of hydrogen-bond acceptors (Lipinski definition) is 3. The van der Waals surface area contributed by atoms with Gasteiger partial charge in [-0.2, -0.15) is 0 Å². The van der Waals surface area contributed by atoms with E-state index < -0.39 is 17.5 Å². The molecule has 1 spiro atoms. The van der Waals surface area contributed by atoms with Gasteiger partial charge in [-0.25, -0.2) is 4.79 Å². The summed E-state index contributed by atoms with van der Waals surface area (Å²) in [5.41, 5.74) is -0.734. The van der Waals surface area contributed by atoms with Gasteiger partial charge in [-0.15, -0.1) is 6.42 Å². The van der Waals surface area contributed by atoms with Crippen molar-refractivity contribution >= 4 is 17.8 Å². The summed E-state index contributed by atoms with van der Waals surface area (Å²) in [5.74, 6) is 1.62. The Balaban J connectivity index is 2.12. The van der Waals surface area contributed by atoms with Crippen molar-refractivity contribution in [3.63, 3.8) is 0 Å². The minimum absolute atomic E-state index is 0.0933. The Morgan fingerprint density at radius 3 is 2.60 bits per heavy atom. The molecule has 1 N–H and O–H groups in total. The molecular formula is C14H19N3O3. The fourth-order valence-corrected chi connectivity index (χ4v) is 3.02. The van der Waals surface area contributed by atoms with E-state index in [1.54, 1.807) is 7.05 Å². The summed E-state index contributed by atoms with van der Waals surface area (Å²) < 4.78 is 0. The van der Waals surface area contributed by atoms with Gasteiger partial charge >= 0.3 is 6.03 Å². The van der Waals surface area contributed by atoms with E-state index in [1.165, 1.54) is 4.90 Å². The van der Waals surface area contributed by atoms with Crippen LogP contribution in [0, 0.1) is 12.3 Å². The Kier molecular flexibility index (Phi) is 3.98. The SMILES string of the molecule is C#CCNC(=O)CN1C(=O)N(C)C2(CCCCC2)C1=O. The molecule has 0 aromatic heterocycles. The van der Waals surface area contributed by atoms with E-state index in [1.807, 2.05) is 0 Å². The highest BCUT2D eigenvalue weighted by Gasteiger charge is 2.55. The Bertz CT molecular complexity index is 475. The minimum Gasteiger partial charge on any atom is -0.344 e. The normalized spacial score (nSPS) is 21.2. The largest absolute Gasteiger partial charge is 0.344 e. The first-order valence-corrected chi connectivity index (χ1v) is 6.83. The molecule has 20 heavy (non-hydrogen) atoms. The Hall–Kier alpha value is -2.03. The summed E-state index contributed by atoms with van der Waals surface area (Å²) in [4.78, 5) is 39.0. The van der Waals surface area contributed by atoms with Crippen LogP contribution in [0.2, 0.25) is 0 Å². The van der Waals surface area contributed by atoms with Gasteiger partial charge in [0, 0.05) is 7.05 Å². The van der Waals surface area contributed by atoms with Gasteiger partial charge in [-0.3, -0.25) is 14.5 Å². The molecule has 0 atom stereocenters. The second-order valence-electron chi connectivity index (χ2n) is 5.31. The molecule has 6 nitrogen and oxygen atoms in total. The molecule has 0 unspecified atom stereocenters. The number of nitrogens with one attached hydrogen (secondary N) is 1. The molecule has 0 aromatic rings. The second kappa shape index (κ2) is 5.53. The van der Waals surface area contributed by atoms with E-state index in [9.17, 15) is 14.4 Å². The van der Waals surface area contributed by atoms with E-state index in [-0.39, 0.29) is 19.0 Å². The van der Waals surface area contributed by atoms with E-state index in [0.717, 1.165) is 24.2 Å². The first kappa shape index (κ1) is 14.4. The number of likely N-dealkylation sites (N-methyl/N-ethyl adjacent to an activating group) is 1. The van der Waals surface area contributed by atoms with Crippen molar-refractivity contribution in [3.8, 4) is 12.3 Å². The standard InChI is InChI=1S/C14H19N3O3/c1-3-9-15-11(18)10-17-12(19)14(16(2)13(17)20)7-5-4-6-8-14/h1H,4-10H2,2H3,(H,15,18). The second-order valence-corrected chi connectivity index (χ2v) is 5.31. The molecule has 2 fully saturated rings. The third-order valence-corrected chi connectivity index (χ3v) is 4.17. The summed E-state index contributed by atoms with van der Waals surface area (Å²) in [6.45, 7) is -0.165. The monoisotopic (exact) mass is 277 g/mol. The highest BCUT2D eigenvalue weighted by molar-refractivity contribution is 6.08. The number of urea groups is 1. The zero-order valence-electron chi connectivity index (χ0n) is 11.6. The van der Waals surface area contributed by atoms with Gasteiger partial charge in [0.1, 0.15) is 12.1 Å². The molecule has 2 rings (SSSR count). The summed E-state index contributed by atoms with van der Waals surface area (Å²) in [5, 5.41) is 2.47. The fraction of sp³-hybridized carbons (Fsp3) is 0.643. The number of rotatable bonds is 3. The maximum atomic E-state index is 12.6. The lowest BCUT2D eigenvalue weighted by Crippen LogP contribution is -2.49. The van der Waals surface area contributed by atoms with Gasteiger partial charge in [0.2, 0.25) is 5.91 Å².